The van der Waals surface area contributed by atoms with Crippen molar-refractivity contribution in [3.8, 4) is 22.6 Å². The smallest absolute Gasteiger partial charge is 0.127 e. The van der Waals surface area contributed by atoms with Crippen LogP contribution in [-0.2, 0) is 0 Å². The van der Waals surface area contributed by atoms with E-state index in [2.05, 4.69) is 18.7 Å². The molecule has 0 fully saturated rings. The molecule has 2 aromatic rings. The second kappa shape index (κ2) is 10.7. The maximum Gasteiger partial charge on any atom is 0.127 e. The van der Waals surface area contributed by atoms with Crippen LogP contribution in [0.3, 0.4) is 0 Å². The van der Waals surface area contributed by atoms with Crippen molar-refractivity contribution < 1.29 is 9.47 Å². The molecule has 138 valence electrons. The molecule has 27 heavy (non-hydrogen) atoms. The van der Waals surface area contributed by atoms with E-state index in [1.807, 2.05) is 93.6 Å². The van der Waals surface area contributed by atoms with E-state index in [0.717, 1.165) is 34.1 Å². The van der Waals surface area contributed by atoms with Crippen LogP contribution < -0.4 is 9.47 Å². The molecular weight excluding hydrogens is 332 g/mol. The molecule has 0 radical (unpaired) electrons. The lowest BCUT2D eigenvalue weighted by molar-refractivity contribution is 0.443. The largest absolute Gasteiger partial charge is 0.458 e. The molecule has 0 bridgehead atoms. The highest BCUT2D eigenvalue weighted by Crippen LogP contribution is 2.26. The fourth-order valence-corrected chi connectivity index (χ4v) is 2.41. The van der Waals surface area contributed by atoms with Gasteiger partial charge in [0.2, 0.25) is 0 Å². The molecule has 0 atom stereocenters. The Kier molecular flexibility index (Phi) is 7.92. The van der Waals surface area contributed by atoms with Crippen LogP contribution in [0.5, 0.6) is 11.5 Å². The summed E-state index contributed by atoms with van der Waals surface area (Å²) in [5.41, 5.74) is 2.25. The van der Waals surface area contributed by atoms with Crippen molar-refractivity contribution in [3.05, 3.63) is 109 Å². The molecular formula is C25H26O2. The Morgan fingerprint density at radius 2 is 1.15 bits per heavy atom. The molecule has 2 heteroatoms. The lowest BCUT2D eigenvalue weighted by Crippen LogP contribution is -1.92. The first kappa shape index (κ1) is 20.1. The van der Waals surface area contributed by atoms with Crippen molar-refractivity contribution in [3.63, 3.8) is 0 Å². The van der Waals surface area contributed by atoms with Gasteiger partial charge < -0.3 is 9.47 Å². The Hall–Kier alpha value is -3.26. The number of allylic oxidation sites excluding steroid dienone is 7. The fraction of sp³-hybridized carbons (Fsp3) is 0.120. The van der Waals surface area contributed by atoms with Crippen LogP contribution in [0.1, 0.15) is 20.8 Å². The van der Waals surface area contributed by atoms with Crippen LogP contribution >= 0.6 is 0 Å². The molecule has 2 rings (SSSR count). The molecule has 0 heterocycles. The van der Waals surface area contributed by atoms with E-state index in [1.54, 1.807) is 6.08 Å². The topological polar surface area (TPSA) is 18.5 Å². The monoisotopic (exact) mass is 358 g/mol. The second-order valence-corrected chi connectivity index (χ2v) is 5.73. The van der Waals surface area contributed by atoms with Gasteiger partial charge in [0.1, 0.15) is 23.0 Å². The van der Waals surface area contributed by atoms with Crippen LogP contribution in [0.4, 0.5) is 0 Å². The Morgan fingerprint density at radius 3 is 1.52 bits per heavy atom. The highest BCUT2D eigenvalue weighted by Gasteiger charge is 2.02. The fourth-order valence-electron chi connectivity index (χ4n) is 2.41. The van der Waals surface area contributed by atoms with Gasteiger partial charge in [-0.1, -0.05) is 49.1 Å². The summed E-state index contributed by atoms with van der Waals surface area (Å²) < 4.78 is 11.7. The van der Waals surface area contributed by atoms with Crippen molar-refractivity contribution >= 4 is 0 Å². The highest BCUT2D eigenvalue weighted by molar-refractivity contribution is 5.65. The minimum absolute atomic E-state index is 0.782. The summed E-state index contributed by atoms with van der Waals surface area (Å²) in [5.74, 6) is 3.23. The first-order chi connectivity index (χ1) is 13.2. The van der Waals surface area contributed by atoms with Gasteiger partial charge in [0.05, 0.1) is 0 Å². The van der Waals surface area contributed by atoms with E-state index in [4.69, 9.17) is 9.47 Å². The summed E-state index contributed by atoms with van der Waals surface area (Å²) in [5, 5.41) is 0. The maximum absolute atomic E-state index is 5.85. The Bertz CT molecular complexity index is 848. The minimum atomic E-state index is 0.782. The average molecular weight is 358 g/mol. The molecule has 0 aliphatic rings. The van der Waals surface area contributed by atoms with Gasteiger partial charge in [-0.15, -0.1) is 0 Å². The van der Waals surface area contributed by atoms with Gasteiger partial charge in [0, 0.05) is 0 Å². The summed E-state index contributed by atoms with van der Waals surface area (Å²) in [6, 6.07) is 16.1. The SMILES string of the molecule is C=C/C=C\C(=C/C)Oc1ccc(-c2ccc(OC(/C=C\C)=C/C)cc2)cc1. The maximum atomic E-state index is 5.85. The van der Waals surface area contributed by atoms with Gasteiger partial charge in [-0.2, -0.15) is 0 Å². The normalized spacial score (nSPS) is 12.6. The van der Waals surface area contributed by atoms with Gasteiger partial charge in [-0.05, 0) is 80.5 Å². The standard InChI is InChI=1S/C25H26O2/c1-5-9-11-23(8-4)27-25-18-14-21(15-19-25)20-12-16-24(17-13-20)26-22(7-3)10-6-2/h5-19H,1H2,2-4H3/b10-6-,11-9-,22-7+,23-8+. The summed E-state index contributed by atoms with van der Waals surface area (Å²) >= 11 is 0. The third-order valence-corrected chi connectivity index (χ3v) is 3.81. The quantitative estimate of drug-likeness (QED) is 0.366. The summed E-state index contributed by atoms with van der Waals surface area (Å²) in [4.78, 5) is 0. The summed E-state index contributed by atoms with van der Waals surface area (Å²) in [7, 11) is 0. The summed E-state index contributed by atoms with van der Waals surface area (Å²) in [6.45, 7) is 9.54. The Balaban J connectivity index is 2.08. The van der Waals surface area contributed by atoms with Gasteiger partial charge in [0.25, 0.3) is 0 Å². The number of ether oxygens (including phenoxy) is 2. The second-order valence-electron chi connectivity index (χ2n) is 5.73. The molecule has 0 aromatic heterocycles. The van der Waals surface area contributed by atoms with Crippen molar-refractivity contribution in [1.82, 2.24) is 0 Å². The average Bonchev–Trinajstić information content (AvgIpc) is 2.71. The molecule has 0 N–H and O–H groups in total. The molecule has 0 aliphatic carbocycles. The zero-order valence-corrected chi connectivity index (χ0v) is 16.2. The van der Waals surface area contributed by atoms with Gasteiger partial charge >= 0.3 is 0 Å². The lowest BCUT2D eigenvalue weighted by atomic mass is 10.1. The molecule has 0 aliphatic heterocycles. The molecule has 0 spiro atoms. The van der Waals surface area contributed by atoms with Crippen LogP contribution in [0.15, 0.2) is 109 Å². The van der Waals surface area contributed by atoms with E-state index >= 15 is 0 Å². The van der Waals surface area contributed by atoms with Gasteiger partial charge in [0.15, 0.2) is 0 Å². The van der Waals surface area contributed by atoms with Gasteiger partial charge in [-0.3, -0.25) is 0 Å². The number of hydrogen-bond acceptors (Lipinski definition) is 2. The van der Waals surface area contributed by atoms with Crippen LogP contribution in [-0.4, -0.2) is 0 Å². The lowest BCUT2D eigenvalue weighted by Gasteiger charge is -2.09. The summed E-state index contributed by atoms with van der Waals surface area (Å²) in [6.07, 6.45) is 13.2. The Labute approximate surface area is 162 Å². The Morgan fingerprint density at radius 1 is 0.704 bits per heavy atom. The van der Waals surface area contributed by atoms with E-state index in [0.29, 0.717) is 0 Å². The highest BCUT2D eigenvalue weighted by atomic mass is 16.5. The van der Waals surface area contributed by atoms with Crippen molar-refractivity contribution in [2.24, 2.45) is 0 Å². The molecule has 0 saturated heterocycles. The van der Waals surface area contributed by atoms with Crippen LogP contribution in [0, 0.1) is 0 Å². The van der Waals surface area contributed by atoms with Crippen molar-refractivity contribution in [2.75, 3.05) is 0 Å². The predicted molar refractivity (Wildman–Crippen MR) is 115 cm³/mol. The van der Waals surface area contributed by atoms with Crippen molar-refractivity contribution in [1.29, 1.82) is 0 Å². The first-order valence-corrected chi connectivity index (χ1v) is 9.00. The van der Waals surface area contributed by atoms with E-state index in [9.17, 15) is 0 Å². The number of hydrogen-bond donors (Lipinski definition) is 0. The van der Waals surface area contributed by atoms with E-state index in [-0.39, 0.29) is 0 Å². The zero-order valence-electron chi connectivity index (χ0n) is 16.2. The third-order valence-electron chi connectivity index (χ3n) is 3.81. The van der Waals surface area contributed by atoms with Crippen LogP contribution in [0.25, 0.3) is 11.1 Å². The van der Waals surface area contributed by atoms with Crippen molar-refractivity contribution in [2.45, 2.75) is 20.8 Å². The van der Waals surface area contributed by atoms with Crippen LogP contribution in [0.2, 0.25) is 0 Å². The zero-order chi connectivity index (χ0) is 19.5. The number of benzene rings is 2. The molecule has 0 saturated carbocycles. The molecule has 0 amide bonds. The predicted octanol–water partition coefficient (Wildman–Crippen LogP) is 7.24. The molecule has 0 unspecified atom stereocenters. The molecule has 2 aromatic carbocycles. The number of rotatable bonds is 8. The first-order valence-electron chi connectivity index (χ1n) is 9.00. The third kappa shape index (κ3) is 6.19. The molecule has 2 nitrogen and oxygen atoms in total. The van der Waals surface area contributed by atoms with E-state index < -0.39 is 0 Å². The van der Waals surface area contributed by atoms with Gasteiger partial charge in [-0.25, -0.2) is 0 Å². The van der Waals surface area contributed by atoms with E-state index in [1.165, 1.54) is 0 Å². The minimum Gasteiger partial charge on any atom is -0.458 e.